The van der Waals surface area contributed by atoms with Crippen molar-refractivity contribution >= 4 is 0 Å². The molecule has 1 rings (SSSR count). The van der Waals surface area contributed by atoms with E-state index in [1.54, 1.807) is 0 Å². The number of aryl methyl sites for hydroxylation is 1. The third kappa shape index (κ3) is 2.83. The molecule has 1 aromatic rings. The van der Waals surface area contributed by atoms with E-state index in [0.29, 0.717) is 12.6 Å². The van der Waals surface area contributed by atoms with Crippen molar-refractivity contribution < 1.29 is 0 Å². The first-order valence-electron chi connectivity index (χ1n) is 6.08. The van der Waals surface area contributed by atoms with Gasteiger partial charge in [-0.05, 0) is 50.6 Å². The topological polar surface area (TPSA) is 29.3 Å². The first-order valence-corrected chi connectivity index (χ1v) is 6.08. The number of likely N-dealkylation sites (N-methyl/N-ethyl adjacent to an activating group) is 1. The van der Waals surface area contributed by atoms with Gasteiger partial charge in [-0.25, -0.2) is 0 Å². The lowest BCUT2D eigenvalue weighted by molar-refractivity contribution is 0.250. The fourth-order valence-corrected chi connectivity index (χ4v) is 2.19. The molecule has 1 aromatic carbocycles. The molecule has 0 fully saturated rings. The summed E-state index contributed by atoms with van der Waals surface area (Å²) in [7, 11) is 2.16. The Balaban J connectivity index is 2.99. The fraction of sp³-hybridized carbons (Fsp3) is 0.571. The van der Waals surface area contributed by atoms with Crippen molar-refractivity contribution in [3.63, 3.8) is 0 Å². The van der Waals surface area contributed by atoms with Crippen molar-refractivity contribution in [2.75, 3.05) is 20.1 Å². The molecular formula is C14H24N2. The van der Waals surface area contributed by atoms with Crippen LogP contribution in [0.3, 0.4) is 0 Å². The summed E-state index contributed by atoms with van der Waals surface area (Å²) in [6.45, 7) is 8.32. The summed E-state index contributed by atoms with van der Waals surface area (Å²) in [5, 5.41) is 0. The highest BCUT2D eigenvalue weighted by atomic mass is 15.1. The van der Waals surface area contributed by atoms with E-state index in [4.69, 9.17) is 5.73 Å². The predicted molar refractivity (Wildman–Crippen MR) is 70.6 cm³/mol. The van der Waals surface area contributed by atoms with Crippen LogP contribution >= 0.6 is 0 Å². The van der Waals surface area contributed by atoms with Gasteiger partial charge in [0.15, 0.2) is 0 Å². The minimum atomic E-state index is 0.347. The van der Waals surface area contributed by atoms with Crippen molar-refractivity contribution in [2.24, 2.45) is 5.73 Å². The molecule has 0 saturated heterocycles. The largest absolute Gasteiger partial charge is 0.329 e. The number of nitrogens with two attached hydrogens (primary N) is 1. The van der Waals surface area contributed by atoms with Gasteiger partial charge >= 0.3 is 0 Å². The van der Waals surface area contributed by atoms with Crippen molar-refractivity contribution in [1.29, 1.82) is 0 Å². The zero-order valence-electron chi connectivity index (χ0n) is 11.0. The van der Waals surface area contributed by atoms with E-state index in [1.807, 2.05) is 0 Å². The lowest BCUT2D eigenvalue weighted by Crippen LogP contribution is -2.31. The van der Waals surface area contributed by atoms with Crippen LogP contribution in [0.2, 0.25) is 0 Å². The zero-order valence-corrected chi connectivity index (χ0v) is 11.0. The van der Waals surface area contributed by atoms with Crippen molar-refractivity contribution in [2.45, 2.75) is 33.2 Å². The van der Waals surface area contributed by atoms with Gasteiger partial charge in [0.25, 0.3) is 0 Å². The molecule has 0 aromatic heterocycles. The highest BCUT2D eigenvalue weighted by Gasteiger charge is 2.16. The SMILES string of the molecule is CCCN(C)C(CN)c1cccc(C)c1C. The lowest BCUT2D eigenvalue weighted by atomic mass is 9.96. The Morgan fingerprint density at radius 3 is 2.56 bits per heavy atom. The number of benzene rings is 1. The van der Waals surface area contributed by atoms with E-state index in [-0.39, 0.29) is 0 Å². The number of rotatable bonds is 5. The summed E-state index contributed by atoms with van der Waals surface area (Å²) < 4.78 is 0. The third-order valence-corrected chi connectivity index (χ3v) is 3.34. The van der Waals surface area contributed by atoms with Gasteiger partial charge < -0.3 is 5.73 Å². The van der Waals surface area contributed by atoms with Crippen LogP contribution in [0.5, 0.6) is 0 Å². The van der Waals surface area contributed by atoms with Gasteiger partial charge in [-0.2, -0.15) is 0 Å². The molecule has 1 atom stereocenters. The molecule has 16 heavy (non-hydrogen) atoms. The Hall–Kier alpha value is -0.860. The maximum absolute atomic E-state index is 5.91. The second-order valence-electron chi connectivity index (χ2n) is 4.52. The van der Waals surface area contributed by atoms with Gasteiger partial charge in [0.05, 0.1) is 0 Å². The monoisotopic (exact) mass is 220 g/mol. The Kier molecular flexibility index (Phi) is 4.97. The predicted octanol–water partition coefficient (Wildman–Crippen LogP) is 2.65. The molecule has 0 spiro atoms. The fourth-order valence-electron chi connectivity index (χ4n) is 2.19. The van der Waals surface area contributed by atoms with Gasteiger partial charge in [-0.1, -0.05) is 25.1 Å². The normalized spacial score (nSPS) is 13.1. The van der Waals surface area contributed by atoms with Gasteiger partial charge in [0.2, 0.25) is 0 Å². The second-order valence-corrected chi connectivity index (χ2v) is 4.52. The van der Waals surface area contributed by atoms with Crippen LogP contribution in [0.25, 0.3) is 0 Å². The van der Waals surface area contributed by atoms with Crippen LogP contribution in [0.4, 0.5) is 0 Å². The summed E-state index contributed by atoms with van der Waals surface area (Å²) in [6, 6.07) is 6.83. The number of hydrogen-bond acceptors (Lipinski definition) is 2. The van der Waals surface area contributed by atoms with E-state index in [9.17, 15) is 0 Å². The Morgan fingerprint density at radius 2 is 2.00 bits per heavy atom. The molecule has 0 aliphatic heterocycles. The summed E-state index contributed by atoms with van der Waals surface area (Å²) >= 11 is 0. The third-order valence-electron chi connectivity index (χ3n) is 3.34. The first-order chi connectivity index (χ1) is 7.61. The molecular weight excluding hydrogens is 196 g/mol. The van der Waals surface area contributed by atoms with E-state index in [0.717, 1.165) is 13.0 Å². The van der Waals surface area contributed by atoms with Gasteiger partial charge in [0.1, 0.15) is 0 Å². The van der Waals surface area contributed by atoms with Crippen LogP contribution in [0.1, 0.15) is 36.1 Å². The molecule has 2 N–H and O–H groups in total. The van der Waals surface area contributed by atoms with Crippen molar-refractivity contribution in [1.82, 2.24) is 4.90 Å². The molecule has 0 bridgehead atoms. The molecule has 0 radical (unpaired) electrons. The van der Waals surface area contributed by atoms with Gasteiger partial charge in [0, 0.05) is 12.6 Å². The molecule has 0 aliphatic carbocycles. The maximum atomic E-state index is 5.91. The Bertz CT molecular complexity index is 334. The van der Waals surface area contributed by atoms with Crippen LogP contribution in [-0.2, 0) is 0 Å². The average molecular weight is 220 g/mol. The Morgan fingerprint density at radius 1 is 1.31 bits per heavy atom. The van der Waals surface area contributed by atoms with E-state index in [1.165, 1.54) is 16.7 Å². The molecule has 2 nitrogen and oxygen atoms in total. The minimum absolute atomic E-state index is 0.347. The number of nitrogens with zero attached hydrogens (tertiary/aromatic N) is 1. The molecule has 1 unspecified atom stereocenters. The summed E-state index contributed by atoms with van der Waals surface area (Å²) in [5.41, 5.74) is 10.0. The highest BCUT2D eigenvalue weighted by molar-refractivity contribution is 5.35. The number of hydrogen-bond donors (Lipinski definition) is 1. The molecule has 2 heteroatoms. The average Bonchev–Trinajstić information content (AvgIpc) is 2.25. The van der Waals surface area contributed by atoms with Crippen LogP contribution in [-0.4, -0.2) is 25.0 Å². The van der Waals surface area contributed by atoms with Crippen LogP contribution < -0.4 is 5.73 Å². The highest BCUT2D eigenvalue weighted by Crippen LogP contribution is 2.23. The standard InChI is InChI=1S/C14H24N2/c1-5-9-16(4)14(10-15)13-8-6-7-11(2)12(13)3/h6-8,14H,5,9-10,15H2,1-4H3. The van der Waals surface area contributed by atoms with Crippen LogP contribution in [0.15, 0.2) is 18.2 Å². The summed E-state index contributed by atoms with van der Waals surface area (Å²) in [5.74, 6) is 0. The molecule has 0 amide bonds. The smallest absolute Gasteiger partial charge is 0.0470 e. The van der Waals surface area contributed by atoms with Gasteiger partial charge in [-0.3, -0.25) is 4.90 Å². The quantitative estimate of drug-likeness (QED) is 0.826. The van der Waals surface area contributed by atoms with E-state index < -0.39 is 0 Å². The lowest BCUT2D eigenvalue weighted by Gasteiger charge is -2.28. The van der Waals surface area contributed by atoms with Gasteiger partial charge in [-0.15, -0.1) is 0 Å². The molecule has 90 valence electrons. The molecule has 0 heterocycles. The molecule has 0 aliphatic rings. The maximum Gasteiger partial charge on any atom is 0.0470 e. The van der Waals surface area contributed by atoms with Crippen LogP contribution in [0, 0.1) is 13.8 Å². The van der Waals surface area contributed by atoms with Crippen molar-refractivity contribution in [3.05, 3.63) is 34.9 Å². The zero-order chi connectivity index (χ0) is 12.1. The minimum Gasteiger partial charge on any atom is -0.329 e. The molecule has 0 saturated carbocycles. The summed E-state index contributed by atoms with van der Waals surface area (Å²) in [6.07, 6.45) is 1.16. The summed E-state index contributed by atoms with van der Waals surface area (Å²) in [4.78, 5) is 2.35. The van der Waals surface area contributed by atoms with Crippen molar-refractivity contribution in [3.8, 4) is 0 Å². The first kappa shape index (κ1) is 13.2. The van der Waals surface area contributed by atoms with E-state index >= 15 is 0 Å². The Labute approximate surface area is 99.5 Å². The second kappa shape index (κ2) is 6.02. The van der Waals surface area contributed by atoms with E-state index in [2.05, 4.69) is 50.9 Å².